The number of anilines is 1. The summed E-state index contributed by atoms with van der Waals surface area (Å²) in [6.45, 7) is 10.4. The number of nitrogens with one attached hydrogen (secondary N) is 1. The molecule has 0 radical (unpaired) electrons. The van der Waals surface area contributed by atoms with Gasteiger partial charge in [0.2, 0.25) is 5.91 Å². The average molecular weight is 331 g/mol. The second-order valence-electron chi connectivity index (χ2n) is 5.54. The van der Waals surface area contributed by atoms with E-state index in [1.807, 2.05) is 0 Å². The van der Waals surface area contributed by atoms with Gasteiger partial charge in [0.1, 0.15) is 0 Å². The monoisotopic (exact) mass is 330 g/mol. The number of amides is 1. The van der Waals surface area contributed by atoms with Gasteiger partial charge in [-0.05, 0) is 37.6 Å². The molecular formula is C16H24Cl2N2O. The number of benzene rings is 1. The van der Waals surface area contributed by atoms with E-state index in [1.165, 1.54) is 0 Å². The molecule has 0 aromatic heterocycles. The van der Waals surface area contributed by atoms with Crippen molar-refractivity contribution in [3.05, 3.63) is 28.2 Å². The summed E-state index contributed by atoms with van der Waals surface area (Å²) in [4.78, 5) is 14.4. The number of carbonyl (C=O) groups excluding carboxylic acids is 1. The molecular weight excluding hydrogens is 307 g/mol. The molecule has 1 rings (SSSR count). The summed E-state index contributed by atoms with van der Waals surface area (Å²) in [7, 11) is 0. The molecule has 5 heteroatoms. The van der Waals surface area contributed by atoms with Crippen LogP contribution in [0.3, 0.4) is 0 Å². The summed E-state index contributed by atoms with van der Waals surface area (Å²) in [6.07, 6.45) is 0.438. The molecule has 1 unspecified atom stereocenters. The van der Waals surface area contributed by atoms with Crippen molar-refractivity contribution in [3.8, 4) is 0 Å². The van der Waals surface area contributed by atoms with Gasteiger partial charge in [0, 0.05) is 24.0 Å². The Labute approximate surface area is 137 Å². The Morgan fingerprint density at radius 3 is 2.52 bits per heavy atom. The topological polar surface area (TPSA) is 32.3 Å². The number of hydrogen-bond acceptors (Lipinski definition) is 2. The molecule has 0 heterocycles. The number of halogens is 2. The number of rotatable bonds is 7. The first kappa shape index (κ1) is 18.3. The summed E-state index contributed by atoms with van der Waals surface area (Å²) in [6, 6.07) is 5.50. The molecule has 1 amide bonds. The van der Waals surface area contributed by atoms with E-state index >= 15 is 0 Å². The van der Waals surface area contributed by atoms with Gasteiger partial charge in [-0.25, -0.2) is 0 Å². The zero-order valence-electron chi connectivity index (χ0n) is 13.1. The van der Waals surface area contributed by atoms with E-state index in [0.717, 1.165) is 13.1 Å². The lowest BCUT2D eigenvalue weighted by Gasteiger charge is -2.30. The fourth-order valence-electron chi connectivity index (χ4n) is 2.12. The Bertz CT molecular complexity index is 477. The smallest absolute Gasteiger partial charge is 0.225 e. The molecule has 1 aromatic rings. The van der Waals surface area contributed by atoms with Gasteiger partial charge in [-0.15, -0.1) is 0 Å². The van der Waals surface area contributed by atoms with Gasteiger partial charge in [0.25, 0.3) is 0 Å². The normalized spacial score (nSPS) is 12.8. The third-order valence-corrected chi connectivity index (χ3v) is 4.34. The number of hydrogen-bond donors (Lipinski definition) is 1. The van der Waals surface area contributed by atoms with Crippen molar-refractivity contribution in [2.45, 2.75) is 40.2 Å². The van der Waals surface area contributed by atoms with Gasteiger partial charge < -0.3 is 10.2 Å². The lowest BCUT2D eigenvalue weighted by Crippen LogP contribution is -2.38. The number of carbonyl (C=O) groups is 1. The van der Waals surface area contributed by atoms with Crippen LogP contribution < -0.4 is 5.32 Å². The van der Waals surface area contributed by atoms with Crippen LogP contribution in [0.25, 0.3) is 0 Å². The van der Waals surface area contributed by atoms with Gasteiger partial charge in [-0.1, -0.05) is 44.0 Å². The van der Waals surface area contributed by atoms with Gasteiger partial charge in [0.05, 0.1) is 10.7 Å². The van der Waals surface area contributed by atoms with Crippen molar-refractivity contribution in [1.82, 2.24) is 4.90 Å². The molecule has 0 spiro atoms. The second-order valence-corrected chi connectivity index (χ2v) is 6.38. The van der Waals surface area contributed by atoms with Gasteiger partial charge in [-0.3, -0.25) is 4.79 Å². The standard InChI is InChI=1S/C16H24Cl2N2O/c1-5-20(12(4)11(2)3)9-8-16(21)19-15-10-13(17)6-7-14(15)18/h6-7,10-12H,5,8-9H2,1-4H3,(H,19,21). The van der Waals surface area contributed by atoms with Crippen LogP contribution in [0.15, 0.2) is 18.2 Å². The predicted octanol–water partition coefficient (Wildman–Crippen LogP) is 4.69. The molecule has 0 aliphatic rings. The minimum atomic E-state index is -0.0476. The number of nitrogens with zero attached hydrogens (tertiary/aromatic N) is 1. The Balaban J connectivity index is 2.55. The van der Waals surface area contributed by atoms with Crippen LogP contribution in [-0.4, -0.2) is 29.9 Å². The third kappa shape index (κ3) is 5.85. The van der Waals surface area contributed by atoms with Crippen molar-refractivity contribution in [3.63, 3.8) is 0 Å². The molecule has 21 heavy (non-hydrogen) atoms. The first-order valence-electron chi connectivity index (χ1n) is 7.34. The van der Waals surface area contributed by atoms with Gasteiger partial charge in [0.15, 0.2) is 0 Å². The van der Waals surface area contributed by atoms with E-state index < -0.39 is 0 Å². The highest BCUT2D eigenvalue weighted by molar-refractivity contribution is 6.35. The maximum Gasteiger partial charge on any atom is 0.225 e. The van der Waals surface area contributed by atoms with Crippen LogP contribution in [0, 0.1) is 5.92 Å². The maximum atomic E-state index is 12.0. The zero-order chi connectivity index (χ0) is 16.0. The molecule has 0 saturated carbocycles. The fourth-order valence-corrected chi connectivity index (χ4v) is 2.46. The highest BCUT2D eigenvalue weighted by atomic mass is 35.5. The van der Waals surface area contributed by atoms with Crippen LogP contribution in [0.1, 0.15) is 34.1 Å². The van der Waals surface area contributed by atoms with Crippen molar-refractivity contribution in [2.75, 3.05) is 18.4 Å². The van der Waals surface area contributed by atoms with E-state index in [2.05, 4.69) is 37.9 Å². The quantitative estimate of drug-likeness (QED) is 0.786. The van der Waals surface area contributed by atoms with E-state index in [9.17, 15) is 4.79 Å². The van der Waals surface area contributed by atoms with Crippen molar-refractivity contribution < 1.29 is 4.79 Å². The minimum absolute atomic E-state index is 0.0476. The van der Waals surface area contributed by atoms with E-state index in [4.69, 9.17) is 23.2 Å². The molecule has 0 aliphatic carbocycles. The molecule has 118 valence electrons. The Morgan fingerprint density at radius 2 is 1.95 bits per heavy atom. The average Bonchev–Trinajstić information content (AvgIpc) is 2.43. The first-order valence-corrected chi connectivity index (χ1v) is 8.09. The molecule has 3 nitrogen and oxygen atoms in total. The lowest BCUT2D eigenvalue weighted by atomic mass is 10.0. The lowest BCUT2D eigenvalue weighted by molar-refractivity contribution is -0.116. The molecule has 1 N–H and O–H groups in total. The third-order valence-electron chi connectivity index (χ3n) is 3.78. The zero-order valence-corrected chi connectivity index (χ0v) is 14.6. The summed E-state index contributed by atoms with van der Waals surface area (Å²) in [5, 5.41) is 3.87. The summed E-state index contributed by atoms with van der Waals surface area (Å²) < 4.78 is 0. The van der Waals surface area contributed by atoms with Crippen LogP contribution >= 0.6 is 23.2 Å². The van der Waals surface area contributed by atoms with Crippen molar-refractivity contribution >= 4 is 34.8 Å². The summed E-state index contributed by atoms with van der Waals surface area (Å²) >= 11 is 11.9. The second kappa shape index (κ2) is 8.62. The van der Waals surface area contributed by atoms with Gasteiger partial charge >= 0.3 is 0 Å². The molecule has 1 atom stereocenters. The van der Waals surface area contributed by atoms with Crippen LogP contribution in [-0.2, 0) is 4.79 Å². The van der Waals surface area contributed by atoms with Gasteiger partial charge in [-0.2, -0.15) is 0 Å². The van der Waals surface area contributed by atoms with Crippen LogP contribution in [0.5, 0.6) is 0 Å². The molecule has 1 aromatic carbocycles. The Hall–Kier alpha value is -0.770. The SMILES string of the molecule is CCN(CCC(=O)Nc1cc(Cl)ccc1Cl)C(C)C(C)C. The van der Waals surface area contributed by atoms with Crippen molar-refractivity contribution in [1.29, 1.82) is 0 Å². The first-order chi connectivity index (χ1) is 9.85. The fraction of sp³-hybridized carbons (Fsp3) is 0.562. The Kier molecular flexibility index (Phi) is 7.50. The highest BCUT2D eigenvalue weighted by Crippen LogP contribution is 2.25. The van der Waals surface area contributed by atoms with E-state index in [1.54, 1.807) is 18.2 Å². The molecule has 0 saturated heterocycles. The largest absolute Gasteiger partial charge is 0.325 e. The summed E-state index contributed by atoms with van der Waals surface area (Å²) in [5.41, 5.74) is 0.564. The van der Waals surface area contributed by atoms with Crippen molar-refractivity contribution in [2.24, 2.45) is 5.92 Å². The minimum Gasteiger partial charge on any atom is -0.325 e. The molecule has 0 aliphatic heterocycles. The highest BCUT2D eigenvalue weighted by Gasteiger charge is 2.16. The van der Waals surface area contributed by atoms with Crippen LogP contribution in [0.2, 0.25) is 10.0 Å². The predicted molar refractivity (Wildman–Crippen MR) is 91.3 cm³/mol. The molecule has 0 fully saturated rings. The maximum absolute atomic E-state index is 12.0. The van der Waals surface area contributed by atoms with E-state index in [-0.39, 0.29) is 5.91 Å². The summed E-state index contributed by atoms with van der Waals surface area (Å²) in [5.74, 6) is 0.518. The van der Waals surface area contributed by atoms with E-state index in [0.29, 0.717) is 34.1 Å². The molecule has 0 bridgehead atoms. The Morgan fingerprint density at radius 1 is 1.29 bits per heavy atom. The van der Waals surface area contributed by atoms with Crippen LogP contribution in [0.4, 0.5) is 5.69 Å².